The first-order chi connectivity index (χ1) is 12.2. The van der Waals surface area contributed by atoms with Crippen LogP contribution in [-0.4, -0.2) is 23.2 Å². The molecule has 2 aromatic heterocycles. The Kier molecular flexibility index (Phi) is 4.79. The van der Waals surface area contributed by atoms with Crippen LogP contribution in [0.1, 0.15) is 30.2 Å². The van der Waals surface area contributed by atoms with E-state index in [1.807, 2.05) is 18.2 Å². The van der Waals surface area contributed by atoms with E-state index in [9.17, 15) is 0 Å². The number of halogens is 2. The fourth-order valence-corrected chi connectivity index (χ4v) is 3.57. The number of hydrogen-bond donors (Lipinski definition) is 2. The van der Waals surface area contributed by atoms with Crippen molar-refractivity contribution in [1.29, 1.82) is 0 Å². The molecule has 1 saturated heterocycles. The van der Waals surface area contributed by atoms with Gasteiger partial charge in [0.05, 0.1) is 27.8 Å². The van der Waals surface area contributed by atoms with Crippen molar-refractivity contribution in [2.75, 3.05) is 18.4 Å². The summed E-state index contributed by atoms with van der Waals surface area (Å²) >= 11 is 12.4. The summed E-state index contributed by atoms with van der Waals surface area (Å²) in [5.41, 5.74) is 1.73. The second-order valence-corrected chi connectivity index (χ2v) is 7.03. The van der Waals surface area contributed by atoms with E-state index < -0.39 is 0 Å². The molecule has 0 bridgehead atoms. The second-order valence-electron chi connectivity index (χ2n) is 6.22. The van der Waals surface area contributed by atoms with Gasteiger partial charge in [-0.1, -0.05) is 28.4 Å². The van der Waals surface area contributed by atoms with Gasteiger partial charge in [0.2, 0.25) is 0 Å². The molecule has 130 valence electrons. The summed E-state index contributed by atoms with van der Waals surface area (Å²) in [6, 6.07) is 9.37. The molecule has 0 unspecified atom stereocenters. The number of fused-ring (bicyclic) bond motifs is 1. The van der Waals surface area contributed by atoms with E-state index in [1.54, 1.807) is 12.1 Å². The molecular formula is C18H18Cl2N4O. The van der Waals surface area contributed by atoms with E-state index in [0.717, 1.165) is 48.6 Å². The lowest BCUT2D eigenvalue weighted by atomic mass is 9.95. The van der Waals surface area contributed by atoms with Gasteiger partial charge < -0.3 is 15.2 Å². The van der Waals surface area contributed by atoms with E-state index in [4.69, 9.17) is 27.7 Å². The van der Waals surface area contributed by atoms with E-state index >= 15 is 0 Å². The van der Waals surface area contributed by atoms with Crippen molar-refractivity contribution in [1.82, 2.24) is 15.5 Å². The largest absolute Gasteiger partial charge is 0.363 e. The van der Waals surface area contributed by atoms with Crippen LogP contribution in [0, 0.1) is 0 Å². The van der Waals surface area contributed by atoms with Crippen molar-refractivity contribution >= 4 is 39.9 Å². The molecule has 4 rings (SSSR count). The van der Waals surface area contributed by atoms with Crippen molar-refractivity contribution < 1.29 is 4.52 Å². The number of pyridine rings is 1. The maximum absolute atomic E-state index is 6.22. The third-order valence-corrected chi connectivity index (χ3v) is 5.17. The maximum atomic E-state index is 6.22. The van der Waals surface area contributed by atoms with E-state index in [0.29, 0.717) is 28.0 Å². The average Bonchev–Trinajstić information content (AvgIpc) is 3.13. The molecule has 2 N–H and O–H groups in total. The van der Waals surface area contributed by atoms with E-state index in [2.05, 4.69) is 20.8 Å². The molecule has 0 aliphatic carbocycles. The van der Waals surface area contributed by atoms with Gasteiger partial charge in [-0.3, -0.25) is 0 Å². The number of piperidine rings is 1. The molecule has 1 aliphatic rings. The minimum Gasteiger partial charge on any atom is -0.363 e. The number of nitrogens with one attached hydrogen (secondary N) is 2. The summed E-state index contributed by atoms with van der Waals surface area (Å²) in [6.45, 7) is 2.60. The van der Waals surface area contributed by atoms with Crippen molar-refractivity contribution in [3.05, 3.63) is 51.8 Å². The second kappa shape index (κ2) is 7.20. The Morgan fingerprint density at radius 2 is 1.92 bits per heavy atom. The van der Waals surface area contributed by atoms with Gasteiger partial charge in [0.1, 0.15) is 5.82 Å². The topological polar surface area (TPSA) is 63.0 Å². The first kappa shape index (κ1) is 16.6. The van der Waals surface area contributed by atoms with Gasteiger partial charge in [0.15, 0.2) is 5.76 Å². The Morgan fingerprint density at radius 1 is 1.12 bits per heavy atom. The first-order valence-corrected chi connectivity index (χ1v) is 9.11. The average molecular weight is 377 g/mol. The van der Waals surface area contributed by atoms with Gasteiger partial charge in [-0.15, -0.1) is 0 Å². The SMILES string of the molecule is Clc1ccc(Cl)c2nc(NCc3cc(C4CCNCC4)no3)ccc12. The normalized spacial score (nSPS) is 15.6. The Labute approximate surface area is 155 Å². The third kappa shape index (κ3) is 3.59. The number of aromatic nitrogens is 2. The van der Waals surface area contributed by atoms with Crippen molar-refractivity contribution in [2.24, 2.45) is 0 Å². The van der Waals surface area contributed by atoms with Gasteiger partial charge in [0, 0.05) is 17.4 Å². The molecule has 3 aromatic rings. The zero-order valence-corrected chi connectivity index (χ0v) is 15.1. The molecule has 0 spiro atoms. The number of hydrogen-bond acceptors (Lipinski definition) is 5. The molecule has 0 saturated carbocycles. The van der Waals surface area contributed by atoms with Crippen LogP contribution < -0.4 is 10.6 Å². The number of benzene rings is 1. The lowest BCUT2D eigenvalue weighted by Crippen LogP contribution is -2.26. The molecule has 1 fully saturated rings. The zero-order valence-electron chi connectivity index (χ0n) is 13.6. The van der Waals surface area contributed by atoms with Gasteiger partial charge in [-0.25, -0.2) is 4.98 Å². The number of anilines is 1. The number of rotatable bonds is 4. The van der Waals surface area contributed by atoms with Crippen LogP contribution in [0.15, 0.2) is 34.9 Å². The zero-order chi connectivity index (χ0) is 17.2. The monoisotopic (exact) mass is 376 g/mol. The van der Waals surface area contributed by atoms with Crippen LogP contribution in [-0.2, 0) is 6.54 Å². The molecule has 1 aromatic carbocycles. The summed E-state index contributed by atoms with van der Waals surface area (Å²) in [5.74, 6) is 2.00. The predicted octanol–water partition coefficient (Wildman–Crippen LogP) is 4.61. The first-order valence-electron chi connectivity index (χ1n) is 8.35. The predicted molar refractivity (Wildman–Crippen MR) is 100 cm³/mol. The lowest BCUT2D eigenvalue weighted by molar-refractivity contribution is 0.365. The van der Waals surface area contributed by atoms with Crippen molar-refractivity contribution in [3.8, 4) is 0 Å². The highest BCUT2D eigenvalue weighted by Crippen LogP contribution is 2.29. The quantitative estimate of drug-likeness (QED) is 0.695. The van der Waals surface area contributed by atoms with Crippen LogP contribution in [0.5, 0.6) is 0 Å². The molecule has 7 heteroatoms. The molecule has 1 aliphatic heterocycles. The van der Waals surface area contributed by atoms with Crippen LogP contribution in [0.25, 0.3) is 10.9 Å². The molecule has 0 amide bonds. The molecule has 3 heterocycles. The van der Waals surface area contributed by atoms with Crippen LogP contribution in [0.4, 0.5) is 5.82 Å². The van der Waals surface area contributed by atoms with Crippen molar-refractivity contribution in [2.45, 2.75) is 25.3 Å². The van der Waals surface area contributed by atoms with Gasteiger partial charge in [-0.2, -0.15) is 0 Å². The van der Waals surface area contributed by atoms with Crippen LogP contribution >= 0.6 is 23.2 Å². The molecule has 0 radical (unpaired) electrons. The summed E-state index contributed by atoms with van der Waals surface area (Å²) < 4.78 is 5.46. The summed E-state index contributed by atoms with van der Waals surface area (Å²) in [7, 11) is 0. The van der Waals surface area contributed by atoms with Gasteiger partial charge in [-0.05, 0) is 50.2 Å². The minimum atomic E-state index is 0.485. The Bertz CT molecular complexity index is 890. The minimum absolute atomic E-state index is 0.485. The standard InChI is InChI=1S/C18H18Cl2N4O/c19-14-2-3-15(20)18-13(14)1-4-17(23-18)22-10-12-9-16(24-25-12)11-5-7-21-8-6-11/h1-4,9,11,21H,5-8,10H2,(H,22,23). The van der Waals surface area contributed by atoms with E-state index in [-0.39, 0.29) is 0 Å². The maximum Gasteiger partial charge on any atom is 0.156 e. The third-order valence-electron chi connectivity index (χ3n) is 4.53. The lowest BCUT2D eigenvalue weighted by Gasteiger charge is -2.19. The smallest absolute Gasteiger partial charge is 0.156 e. The fraction of sp³-hybridized carbons (Fsp3) is 0.333. The van der Waals surface area contributed by atoms with Crippen LogP contribution in [0.3, 0.4) is 0 Å². The highest BCUT2D eigenvalue weighted by molar-refractivity contribution is 6.39. The Hall–Kier alpha value is -1.82. The van der Waals surface area contributed by atoms with Crippen LogP contribution in [0.2, 0.25) is 10.0 Å². The fourth-order valence-electron chi connectivity index (χ4n) is 3.15. The van der Waals surface area contributed by atoms with Gasteiger partial charge in [0.25, 0.3) is 0 Å². The summed E-state index contributed by atoms with van der Waals surface area (Å²) in [6.07, 6.45) is 2.20. The van der Waals surface area contributed by atoms with Crippen molar-refractivity contribution in [3.63, 3.8) is 0 Å². The number of nitrogens with zero attached hydrogens (tertiary/aromatic N) is 2. The Morgan fingerprint density at radius 3 is 2.76 bits per heavy atom. The van der Waals surface area contributed by atoms with E-state index in [1.165, 1.54) is 0 Å². The molecule has 0 atom stereocenters. The molecule has 25 heavy (non-hydrogen) atoms. The van der Waals surface area contributed by atoms with Gasteiger partial charge >= 0.3 is 0 Å². The summed E-state index contributed by atoms with van der Waals surface area (Å²) in [5, 5.41) is 12.9. The Balaban J connectivity index is 1.47. The molecular weight excluding hydrogens is 359 g/mol. The highest BCUT2D eigenvalue weighted by atomic mass is 35.5. The molecule has 5 nitrogen and oxygen atoms in total. The summed E-state index contributed by atoms with van der Waals surface area (Å²) in [4.78, 5) is 4.55. The highest BCUT2D eigenvalue weighted by Gasteiger charge is 2.19.